The van der Waals surface area contributed by atoms with Gasteiger partial charge in [0, 0.05) is 5.57 Å². The number of nitrogens with two attached hydrogens (primary N) is 1. The van der Waals surface area contributed by atoms with Crippen LogP contribution in [0.5, 0.6) is 11.5 Å². The molecular formula is C17H17BrN2O4. The smallest absolute Gasteiger partial charge is 0.205 e. The lowest BCUT2D eigenvalue weighted by molar-refractivity contribution is -0.114. The molecule has 24 heavy (non-hydrogen) atoms. The number of benzene rings is 1. The first-order valence-corrected chi connectivity index (χ1v) is 8.05. The van der Waals surface area contributed by atoms with Crippen LogP contribution in [0.25, 0.3) is 0 Å². The Morgan fingerprint density at radius 1 is 1.54 bits per heavy atom. The number of aromatic hydroxyl groups is 1. The van der Waals surface area contributed by atoms with E-state index in [0.29, 0.717) is 28.0 Å². The summed E-state index contributed by atoms with van der Waals surface area (Å²) in [6, 6.07) is 5.25. The zero-order chi connectivity index (χ0) is 18.0. The van der Waals surface area contributed by atoms with Gasteiger partial charge >= 0.3 is 0 Å². The van der Waals surface area contributed by atoms with Gasteiger partial charge in [-0.15, -0.1) is 0 Å². The number of rotatable bonds is 4. The fourth-order valence-electron chi connectivity index (χ4n) is 2.69. The average molecular weight is 393 g/mol. The molecule has 1 aromatic rings. The summed E-state index contributed by atoms with van der Waals surface area (Å²) < 4.78 is 11.2. The van der Waals surface area contributed by atoms with Crippen molar-refractivity contribution in [2.45, 2.75) is 26.7 Å². The Balaban J connectivity index is 2.72. The molecule has 6 nitrogen and oxygen atoms in total. The van der Waals surface area contributed by atoms with E-state index in [9.17, 15) is 15.2 Å². The fourth-order valence-corrected chi connectivity index (χ4v) is 3.15. The van der Waals surface area contributed by atoms with Crippen LogP contribution in [0.4, 0.5) is 0 Å². The van der Waals surface area contributed by atoms with Crippen LogP contribution >= 0.6 is 15.9 Å². The van der Waals surface area contributed by atoms with Gasteiger partial charge < -0.3 is 20.3 Å². The molecule has 1 aliphatic rings. The Labute approximate surface area is 148 Å². The van der Waals surface area contributed by atoms with Crippen molar-refractivity contribution in [3.8, 4) is 17.6 Å². The Morgan fingerprint density at radius 3 is 2.75 bits per heavy atom. The van der Waals surface area contributed by atoms with E-state index >= 15 is 0 Å². The molecule has 0 saturated carbocycles. The number of nitrogens with zero attached hydrogens (tertiary/aromatic N) is 1. The van der Waals surface area contributed by atoms with Gasteiger partial charge in [0.2, 0.25) is 5.88 Å². The summed E-state index contributed by atoms with van der Waals surface area (Å²) in [4.78, 5) is 12.1. The number of ketones is 1. The van der Waals surface area contributed by atoms with Crippen molar-refractivity contribution in [2.75, 3.05) is 6.61 Å². The molecule has 3 N–H and O–H groups in total. The first-order valence-electron chi connectivity index (χ1n) is 7.26. The van der Waals surface area contributed by atoms with Crippen LogP contribution in [0.3, 0.4) is 0 Å². The minimum Gasteiger partial charge on any atom is -0.503 e. The van der Waals surface area contributed by atoms with Gasteiger partial charge in [0.1, 0.15) is 17.4 Å². The molecule has 0 amide bonds. The molecule has 0 radical (unpaired) electrons. The maximum absolute atomic E-state index is 12.1. The summed E-state index contributed by atoms with van der Waals surface area (Å²) in [5.41, 5.74) is 6.92. The monoisotopic (exact) mass is 392 g/mol. The second-order valence-corrected chi connectivity index (χ2v) is 6.09. The fraction of sp³-hybridized carbons (Fsp3) is 0.294. The zero-order valence-corrected chi connectivity index (χ0v) is 15.1. The summed E-state index contributed by atoms with van der Waals surface area (Å²) in [6.07, 6.45) is 0. The average Bonchev–Trinajstić information content (AvgIpc) is 2.50. The lowest BCUT2D eigenvalue weighted by Gasteiger charge is -2.27. The molecule has 1 heterocycles. The number of phenols is 1. The van der Waals surface area contributed by atoms with Crippen LogP contribution in [0.2, 0.25) is 0 Å². The number of nitriles is 1. The second kappa shape index (κ2) is 6.97. The normalized spacial score (nSPS) is 17.4. The molecule has 0 saturated heterocycles. The van der Waals surface area contributed by atoms with Crippen molar-refractivity contribution in [1.82, 2.24) is 0 Å². The zero-order valence-electron chi connectivity index (χ0n) is 13.5. The summed E-state index contributed by atoms with van der Waals surface area (Å²) in [5, 5.41) is 19.6. The van der Waals surface area contributed by atoms with E-state index in [1.54, 1.807) is 26.0 Å². The summed E-state index contributed by atoms with van der Waals surface area (Å²) in [6.45, 7) is 5.18. The van der Waals surface area contributed by atoms with Gasteiger partial charge in [0.05, 0.1) is 17.0 Å². The maximum Gasteiger partial charge on any atom is 0.205 e. The summed E-state index contributed by atoms with van der Waals surface area (Å²) in [5.74, 6) is -0.381. The van der Waals surface area contributed by atoms with Gasteiger partial charge in [-0.1, -0.05) is 0 Å². The minimum atomic E-state index is -0.683. The molecule has 0 aliphatic carbocycles. The minimum absolute atomic E-state index is 0.0350. The topological polar surface area (TPSA) is 106 Å². The Kier molecular flexibility index (Phi) is 5.20. The number of ether oxygens (including phenoxy) is 2. The van der Waals surface area contributed by atoms with Gasteiger partial charge in [0.15, 0.2) is 17.3 Å². The molecule has 0 fully saturated rings. The molecule has 2 rings (SSSR count). The summed E-state index contributed by atoms with van der Waals surface area (Å²) >= 11 is 3.27. The van der Waals surface area contributed by atoms with Crippen LogP contribution in [-0.2, 0) is 9.53 Å². The predicted molar refractivity (Wildman–Crippen MR) is 91.0 cm³/mol. The maximum atomic E-state index is 12.1. The molecule has 126 valence electrons. The highest BCUT2D eigenvalue weighted by molar-refractivity contribution is 9.10. The molecule has 7 heteroatoms. The van der Waals surface area contributed by atoms with Gasteiger partial charge in [-0.25, -0.2) is 0 Å². The number of carbonyl (C=O) groups is 1. The predicted octanol–water partition coefficient (Wildman–Crippen LogP) is 3.22. The highest BCUT2D eigenvalue weighted by atomic mass is 79.9. The van der Waals surface area contributed by atoms with E-state index in [0.717, 1.165) is 0 Å². The third-order valence-corrected chi connectivity index (χ3v) is 4.27. The van der Waals surface area contributed by atoms with Crippen molar-refractivity contribution in [3.05, 3.63) is 45.0 Å². The molecular weight excluding hydrogens is 376 g/mol. The second-order valence-electron chi connectivity index (χ2n) is 5.23. The Hall–Kier alpha value is -2.46. The van der Waals surface area contributed by atoms with Crippen LogP contribution in [0.15, 0.2) is 39.4 Å². The van der Waals surface area contributed by atoms with Crippen molar-refractivity contribution in [2.24, 2.45) is 5.73 Å². The Morgan fingerprint density at radius 2 is 2.21 bits per heavy atom. The molecule has 1 aliphatic heterocycles. The first-order chi connectivity index (χ1) is 11.3. The number of carbonyl (C=O) groups excluding carboxylic acids is 1. The standard InChI is InChI=1S/C17H17BrN2O4/c1-4-23-13-6-10(5-12(18)16(13)22)15-11(7-19)17(20)24-9(3)14(15)8(2)21/h5-6,15,22H,4,20H2,1-3H3/t15-/m0/s1. The van der Waals surface area contributed by atoms with Crippen LogP contribution in [-0.4, -0.2) is 17.5 Å². The van der Waals surface area contributed by atoms with Crippen LogP contribution in [0, 0.1) is 11.3 Å². The van der Waals surface area contributed by atoms with E-state index in [2.05, 4.69) is 15.9 Å². The number of phenolic OH excluding ortho intramolecular Hbond substituents is 1. The van der Waals surface area contributed by atoms with E-state index < -0.39 is 5.92 Å². The van der Waals surface area contributed by atoms with Gasteiger partial charge in [0.25, 0.3) is 0 Å². The number of Topliss-reactive ketones (excluding diaryl/α,β-unsaturated/α-hetero) is 1. The van der Waals surface area contributed by atoms with E-state index in [-0.39, 0.29) is 28.7 Å². The number of allylic oxidation sites excluding steroid dienone is 3. The quantitative estimate of drug-likeness (QED) is 0.814. The van der Waals surface area contributed by atoms with Crippen molar-refractivity contribution >= 4 is 21.7 Å². The third kappa shape index (κ3) is 3.10. The number of hydrogen-bond acceptors (Lipinski definition) is 6. The van der Waals surface area contributed by atoms with Gasteiger partial charge in [-0.2, -0.15) is 5.26 Å². The molecule has 1 aromatic carbocycles. The molecule has 1 atom stereocenters. The largest absolute Gasteiger partial charge is 0.503 e. The van der Waals surface area contributed by atoms with Gasteiger partial charge in [-0.3, -0.25) is 4.79 Å². The summed E-state index contributed by atoms with van der Waals surface area (Å²) in [7, 11) is 0. The van der Waals surface area contributed by atoms with Crippen molar-refractivity contribution < 1.29 is 19.4 Å². The SMILES string of the molecule is CCOc1cc([C@H]2C(C#N)=C(N)OC(C)=C2C(C)=O)cc(Br)c1O. The highest BCUT2D eigenvalue weighted by Crippen LogP contribution is 2.44. The first kappa shape index (κ1) is 17.9. The van der Waals surface area contributed by atoms with Crippen molar-refractivity contribution in [1.29, 1.82) is 5.26 Å². The Bertz CT molecular complexity index is 806. The van der Waals surface area contributed by atoms with Crippen molar-refractivity contribution in [3.63, 3.8) is 0 Å². The molecule has 0 unspecified atom stereocenters. The molecule has 0 spiro atoms. The van der Waals surface area contributed by atoms with E-state index in [4.69, 9.17) is 15.2 Å². The molecule has 0 bridgehead atoms. The lowest BCUT2D eigenvalue weighted by atomic mass is 9.81. The number of halogens is 1. The lowest BCUT2D eigenvalue weighted by Crippen LogP contribution is -2.23. The van der Waals surface area contributed by atoms with Crippen LogP contribution in [0.1, 0.15) is 32.3 Å². The van der Waals surface area contributed by atoms with E-state index in [1.165, 1.54) is 6.92 Å². The highest BCUT2D eigenvalue weighted by Gasteiger charge is 2.34. The van der Waals surface area contributed by atoms with Crippen LogP contribution < -0.4 is 10.5 Å². The third-order valence-electron chi connectivity index (χ3n) is 3.67. The molecule has 0 aromatic heterocycles. The van der Waals surface area contributed by atoms with E-state index in [1.807, 2.05) is 6.07 Å². The number of hydrogen-bond donors (Lipinski definition) is 2. The van der Waals surface area contributed by atoms with Gasteiger partial charge in [-0.05, 0) is 54.4 Å².